The molecule has 3 rings (SSSR count). The zero-order valence-electron chi connectivity index (χ0n) is 13.6. The van der Waals surface area contributed by atoms with E-state index in [1.807, 2.05) is 29.0 Å². The zero-order valence-corrected chi connectivity index (χ0v) is 14.5. The molecule has 7 heteroatoms. The van der Waals surface area contributed by atoms with Gasteiger partial charge in [0.2, 0.25) is 0 Å². The monoisotopic (exact) mass is 355 g/mol. The van der Waals surface area contributed by atoms with Crippen molar-refractivity contribution in [2.75, 3.05) is 18.4 Å². The maximum atomic E-state index is 12.5. The second-order valence-electron chi connectivity index (χ2n) is 5.52. The summed E-state index contributed by atoms with van der Waals surface area (Å²) in [5.74, 6) is 0. The molecule has 0 saturated heterocycles. The number of nitriles is 1. The normalized spacial score (nSPS) is 11.4. The van der Waals surface area contributed by atoms with E-state index in [0.29, 0.717) is 17.9 Å². The van der Waals surface area contributed by atoms with Crippen molar-refractivity contribution in [3.63, 3.8) is 0 Å². The van der Waals surface area contributed by atoms with Gasteiger partial charge in [-0.15, -0.1) is 0 Å². The van der Waals surface area contributed by atoms with Gasteiger partial charge in [-0.3, -0.25) is 4.72 Å². The van der Waals surface area contributed by atoms with Crippen LogP contribution >= 0.6 is 0 Å². The van der Waals surface area contributed by atoms with Gasteiger partial charge in [0.15, 0.2) is 0 Å². The Balaban J connectivity index is 1.88. The first-order chi connectivity index (χ1) is 12.0. The molecule has 1 aromatic heterocycles. The van der Waals surface area contributed by atoms with E-state index in [1.165, 1.54) is 12.1 Å². The van der Waals surface area contributed by atoms with Crippen LogP contribution < -0.4 is 4.72 Å². The molecule has 1 heterocycles. The van der Waals surface area contributed by atoms with Gasteiger partial charge in [-0.2, -0.15) is 5.26 Å². The molecule has 0 saturated carbocycles. The molecule has 0 spiro atoms. The number of hydrogen-bond acceptors (Lipinski definition) is 4. The Bertz CT molecular complexity index is 1050. The third kappa shape index (κ3) is 3.65. The van der Waals surface area contributed by atoms with Gasteiger partial charge >= 0.3 is 0 Å². The number of aromatic nitrogens is 1. The maximum Gasteiger partial charge on any atom is 0.261 e. The Hall–Kier alpha value is -2.82. The van der Waals surface area contributed by atoms with Crippen LogP contribution in [-0.4, -0.2) is 26.7 Å². The molecule has 0 aliphatic heterocycles. The highest BCUT2D eigenvalue weighted by Gasteiger charge is 2.15. The highest BCUT2D eigenvalue weighted by Crippen LogP contribution is 2.23. The lowest BCUT2D eigenvalue weighted by molar-refractivity contribution is 0.188. The molecule has 0 aliphatic carbocycles. The van der Waals surface area contributed by atoms with Gasteiger partial charge in [-0.1, -0.05) is 6.07 Å². The third-order valence-electron chi connectivity index (χ3n) is 3.83. The number of nitrogens with zero attached hydrogens (tertiary/aromatic N) is 2. The van der Waals surface area contributed by atoms with Crippen molar-refractivity contribution in [2.45, 2.75) is 11.4 Å². The van der Waals surface area contributed by atoms with E-state index in [0.717, 1.165) is 17.4 Å². The summed E-state index contributed by atoms with van der Waals surface area (Å²) in [6.45, 7) is 1.33. The van der Waals surface area contributed by atoms with Crippen molar-refractivity contribution in [3.05, 3.63) is 60.3 Å². The number of sulfonamides is 1. The largest absolute Gasteiger partial charge is 0.383 e. The summed E-state index contributed by atoms with van der Waals surface area (Å²) >= 11 is 0. The lowest BCUT2D eigenvalue weighted by Crippen LogP contribution is -2.13. The minimum atomic E-state index is -3.75. The van der Waals surface area contributed by atoms with Crippen molar-refractivity contribution in [2.24, 2.45) is 0 Å². The molecule has 6 nitrogen and oxygen atoms in total. The average molecular weight is 355 g/mol. The van der Waals surface area contributed by atoms with Crippen LogP contribution in [0.1, 0.15) is 5.56 Å². The summed E-state index contributed by atoms with van der Waals surface area (Å²) < 4.78 is 34.7. The van der Waals surface area contributed by atoms with E-state index in [4.69, 9.17) is 10.00 Å². The molecule has 3 aromatic rings. The number of ether oxygens (including phenoxy) is 1. The number of anilines is 1. The van der Waals surface area contributed by atoms with Crippen molar-refractivity contribution >= 4 is 26.6 Å². The first-order valence-corrected chi connectivity index (χ1v) is 9.12. The van der Waals surface area contributed by atoms with Gasteiger partial charge < -0.3 is 9.30 Å². The summed E-state index contributed by atoms with van der Waals surface area (Å²) in [6.07, 6.45) is 1.94. The van der Waals surface area contributed by atoms with Crippen LogP contribution in [0.15, 0.2) is 59.6 Å². The minimum Gasteiger partial charge on any atom is -0.383 e. The van der Waals surface area contributed by atoms with Gasteiger partial charge in [0, 0.05) is 36.4 Å². The second-order valence-corrected chi connectivity index (χ2v) is 7.20. The van der Waals surface area contributed by atoms with E-state index in [1.54, 1.807) is 31.4 Å². The Morgan fingerprint density at radius 3 is 2.80 bits per heavy atom. The van der Waals surface area contributed by atoms with Crippen LogP contribution in [0.2, 0.25) is 0 Å². The van der Waals surface area contributed by atoms with Gasteiger partial charge in [0.1, 0.15) is 0 Å². The van der Waals surface area contributed by atoms with Gasteiger partial charge in [-0.25, -0.2) is 8.42 Å². The van der Waals surface area contributed by atoms with Gasteiger partial charge in [-0.05, 0) is 42.5 Å². The van der Waals surface area contributed by atoms with Gasteiger partial charge in [0.25, 0.3) is 10.0 Å². The first-order valence-electron chi connectivity index (χ1n) is 7.64. The van der Waals surface area contributed by atoms with Crippen LogP contribution in [0.4, 0.5) is 5.69 Å². The lowest BCUT2D eigenvalue weighted by Gasteiger charge is -2.09. The number of benzene rings is 2. The molecule has 128 valence electrons. The first kappa shape index (κ1) is 17.0. The van der Waals surface area contributed by atoms with Crippen molar-refractivity contribution < 1.29 is 13.2 Å². The zero-order chi connectivity index (χ0) is 17.9. The molecule has 0 radical (unpaired) electrons. The molecule has 0 fully saturated rings. The summed E-state index contributed by atoms with van der Waals surface area (Å²) in [5, 5.41) is 9.86. The number of rotatable bonds is 6. The smallest absolute Gasteiger partial charge is 0.261 e. The van der Waals surface area contributed by atoms with Crippen LogP contribution in [0, 0.1) is 11.3 Å². The summed E-state index contributed by atoms with van der Waals surface area (Å²) in [5.41, 5.74) is 1.78. The fraction of sp³-hybridized carbons (Fsp3) is 0.167. The maximum absolute atomic E-state index is 12.5. The topological polar surface area (TPSA) is 84.1 Å². The second kappa shape index (κ2) is 6.97. The molecule has 0 atom stereocenters. The Kier molecular flexibility index (Phi) is 4.74. The van der Waals surface area contributed by atoms with Crippen LogP contribution in [0.25, 0.3) is 10.9 Å². The van der Waals surface area contributed by atoms with Crippen LogP contribution in [0.5, 0.6) is 0 Å². The molecule has 0 unspecified atom stereocenters. The van der Waals surface area contributed by atoms with E-state index < -0.39 is 10.0 Å². The fourth-order valence-electron chi connectivity index (χ4n) is 2.60. The fourth-order valence-corrected chi connectivity index (χ4v) is 3.69. The lowest BCUT2D eigenvalue weighted by atomic mass is 10.2. The Labute approximate surface area is 146 Å². The summed E-state index contributed by atoms with van der Waals surface area (Å²) in [7, 11) is -2.10. The number of fused-ring (bicyclic) bond motifs is 1. The molecule has 0 aliphatic rings. The molecular weight excluding hydrogens is 338 g/mol. The molecule has 25 heavy (non-hydrogen) atoms. The van der Waals surface area contributed by atoms with Crippen LogP contribution in [0.3, 0.4) is 0 Å². The predicted octanol–water partition coefficient (Wildman–Crippen LogP) is 2.96. The SMILES string of the molecule is COCCn1ccc2cc(NS(=O)(=O)c3cccc(C#N)c3)ccc21. The van der Waals surface area contributed by atoms with E-state index >= 15 is 0 Å². The highest BCUT2D eigenvalue weighted by molar-refractivity contribution is 7.92. The quantitative estimate of drug-likeness (QED) is 0.737. The van der Waals surface area contributed by atoms with E-state index in [-0.39, 0.29) is 4.90 Å². The Morgan fingerprint density at radius 1 is 1.20 bits per heavy atom. The predicted molar refractivity (Wildman–Crippen MR) is 95.8 cm³/mol. The van der Waals surface area contributed by atoms with Crippen LogP contribution in [-0.2, 0) is 21.3 Å². The van der Waals surface area contributed by atoms with E-state index in [9.17, 15) is 8.42 Å². The standard InChI is InChI=1S/C18H17N3O3S/c1-24-10-9-21-8-7-15-12-16(5-6-18(15)21)20-25(22,23)17-4-2-3-14(11-17)13-19/h2-8,11-12,20H,9-10H2,1H3. The van der Waals surface area contributed by atoms with Crippen molar-refractivity contribution in [3.8, 4) is 6.07 Å². The average Bonchev–Trinajstić information content (AvgIpc) is 3.02. The van der Waals surface area contributed by atoms with Crippen molar-refractivity contribution in [1.82, 2.24) is 4.57 Å². The number of methoxy groups -OCH3 is 1. The summed E-state index contributed by atoms with van der Waals surface area (Å²) in [6, 6.07) is 15.2. The molecular formula is C18H17N3O3S. The Morgan fingerprint density at radius 2 is 2.04 bits per heavy atom. The number of hydrogen-bond donors (Lipinski definition) is 1. The minimum absolute atomic E-state index is 0.0595. The molecule has 0 bridgehead atoms. The summed E-state index contributed by atoms with van der Waals surface area (Å²) in [4.78, 5) is 0.0595. The number of nitrogens with one attached hydrogen (secondary N) is 1. The third-order valence-corrected chi connectivity index (χ3v) is 5.21. The molecule has 2 aromatic carbocycles. The highest BCUT2D eigenvalue weighted by atomic mass is 32.2. The van der Waals surface area contributed by atoms with Crippen molar-refractivity contribution in [1.29, 1.82) is 5.26 Å². The van der Waals surface area contributed by atoms with E-state index in [2.05, 4.69) is 4.72 Å². The molecule has 0 amide bonds. The molecule has 1 N–H and O–H groups in total. The van der Waals surface area contributed by atoms with Gasteiger partial charge in [0.05, 0.1) is 23.1 Å².